The van der Waals surface area contributed by atoms with Crippen molar-refractivity contribution in [1.82, 2.24) is 34.3 Å². The maximum absolute atomic E-state index is 14.8. The summed E-state index contributed by atoms with van der Waals surface area (Å²) in [6.07, 6.45) is 4.14. The van der Waals surface area contributed by atoms with Crippen molar-refractivity contribution in [2.45, 2.75) is 6.92 Å². The van der Waals surface area contributed by atoms with Crippen LogP contribution in [0.5, 0.6) is 0 Å². The van der Waals surface area contributed by atoms with E-state index in [2.05, 4.69) is 30.5 Å². The minimum Gasteiger partial charge on any atom is -0.318 e. The average molecular weight is 428 g/mol. The highest BCUT2D eigenvalue weighted by molar-refractivity contribution is 6.07. The van der Waals surface area contributed by atoms with Gasteiger partial charge in [-0.15, -0.1) is 5.10 Å². The number of aryl methyl sites for hydroxylation is 2. The number of aromatic nitrogens is 7. The molecule has 4 heterocycles. The summed E-state index contributed by atoms with van der Waals surface area (Å²) in [4.78, 5) is 25.8. The first-order chi connectivity index (χ1) is 15.5. The number of nitrogens with one attached hydrogen (secondary N) is 1. The molecule has 0 aliphatic carbocycles. The second-order valence-corrected chi connectivity index (χ2v) is 7.17. The molecule has 0 saturated carbocycles. The number of pyridine rings is 1. The number of rotatable bonds is 4. The fraction of sp³-hybridized carbons (Fsp3) is 0.0909. The van der Waals surface area contributed by atoms with Crippen LogP contribution in [0.4, 0.5) is 10.1 Å². The summed E-state index contributed by atoms with van der Waals surface area (Å²) in [5.41, 5.74) is 3.26. The Bertz CT molecular complexity index is 1460. The molecule has 32 heavy (non-hydrogen) atoms. The Balaban J connectivity index is 1.49. The molecule has 0 aliphatic rings. The molecule has 158 valence electrons. The molecule has 1 N–H and O–H groups in total. The Morgan fingerprint density at radius 2 is 1.94 bits per heavy atom. The van der Waals surface area contributed by atoms with Gasteiger partial charge >= 0.3 is 0 Å². The fourth-order valence-electron chi connectivity index (χ4n) is 3.39. The van der Waals surface area contributed by atoms with Crippen molar-refractivity contribution in [3.63, 3.8) is 0 Å². The van der Waals surface area contributed by atoms with E-state index in [-0.39, 0.29) is 11.4 Å². The molecule has 0 spiro atoms. The van der Waals surface area contributed by atoms with Gasteiger partial charge in [-0.3, -0.25) is 9.48 Å². The lowest BCUT2D eigenvalue weighted by Crippen LogP contribution is -2.18. The summed E-state index contributed by atoms with van der Waals surface area (Å²) in [5.74, 6) is -0.708. The predicted octanol–water partition coefficient (Wildman–Crippen LogP) is 3.29. The maximum atomic E-state index is 14.8. The van der Waals surface area contributed by atoms with Gasteiger partial charge in [-0.05, 0) is 13.0 Å². The van der Waals surface area contributed by atoms with Gasteiger partial charge in [0.25, 0.3) is 5.91 Å². The van der Waals surface area contributed by atoms with Crippen molar-refractivity contribution in [3.05, 3.63) is 78.4 Å². The Labute approximate surface area is 181 Å². The monoisotopic (exact) mass is 428 g/mol. The highest BCUT2D eigenvalue weighted by atomic mass is 19.1. The van der Waals surface area contributed by atoms with Crippen LogP contribution in [0, 0.1) is 12.7 Å². The highest BCUT2D eigenvalue weighted by Gasteiger charge is 2.21. The van der Waals surface area contributed by atoms with E-state index in [1.54, 1.807) is 19.3 Å². The zero-order valence-corrected chi connectivity index (χ0v) is 17.2. The number of hydrogen-bond acceptors (Lipinski definition) is 6. The van der Waals surface area contributed by atoms with Gasteiger partial charge in [0.05, 0.1) is 29.3 Å². The lowest BCUT2D eigenvalue weighted by atomic mass is 10.1. The summed E-state index contributed by atoms with van der Waals surface area (Å²) >= 11 is 0. The van der Waals surface area contributed by atoms with Gasteiger partial charge < -0.3 is 5.32 Å². The summed E-state index contributed by atoms with van der Waals surface area (Å²) in [5, 5.41) is 11.1. The molecule has 0 saturated heterocycles. The van der Waals surface area contributed by atoms with E-state index in [1.807, 2.05) is 37.3 Å². The topological polar surface area (TPSA) is 103 Å². The van der Waals surface area contributed by atoms with Crippen LogP contribution < -0.4 is 5.32 Å². The number of nitrogens with zero attached hydrogens (tertiary/aromatic N) is 7. The number of halogens is 1. The van der Waals surface area contributed by atoms with E-state index in [1.165, 1.54) is 27.8 Å². The van der Waals surface area contributed by atoms with Crippen molar-refractivity contribution in [2.24, 2.45) is 7.05 Å². The molecule has 5 aromatic rings. The molecule has 10 heteroatoms. The molecule has 0 atom stereocenters. The van der Waals surface area contributed by atoms with E-state index in [0.717, 1.165) is 11.3 Å². The molecule has 0 aliphatic heterocycles. The van der Waals surface area contributed by atoms with Gasteiger partial charge in [-0.25, -0.2) is 23.9 Å². The summed E-state index contributed by atoms with van der Waals surface area (Å²) in [6, 6.07) is 12.6. The van der Waals surface area contributed by atoms with Crippen LogP contribution >= 0.6 is 0 Å². The summed E-state index contributed by atoms with van der Waals surface area (Å²) in [6.45, 7) is 1.83. The fourth-order valence-corrected chi connectivity index (χ4v) is 3.39. The van der Waals surface area contributed by atoms with Gasteiger partial charge in [-0.2, -0.15) is 5.10 Å². The molecule has 1 amide bonds. The largest absolute Gasteiger partial charge is 0.318 e. The molecular formula is C22H17FN8O. The number of anilines is 1. The highest BCUT2D eigenvalue weighted by Crippen LogP contribution is 2.24. The van der Waals surface area contributed by atoms with Crippen LogP contribution in [-0.2, 0) is 7.05 Å². The van der Waals surface area contributed by atoms with Gasteiger partial charge in [0.15, 0.2) is 17.3 Å². The molecule has 5 rings (SSSR count). The van der Waals surface area contributed by atoms with E-state index in [4.69, 9.17) is 0 Å². The number of carbonyl (C=O) groups is 1. The zero-order chi connectivity index (χ0) is 22.2. The van der Waals surface area contributed by atoms with Gasteiger partial charge in [-0.1, -0.05) is 30.3 Å². The van der Waals surface area contributed by atoms with Gasteiger partial charge in [0.2, 0.25) is 0 Å². The minimum absolute atomic E-state index is 0.0134. The van der Waals surface area contributed by atoms with Crippen LogP contribution in [0.3, 0.4) is 0 Å². The number of carbonyl (C=O) groups excluding carboxylic acids is 1. The van der Waals surface area contributed by atoms with Crippen LogP contribution in [0.1, 0.15) is 16.2 Å². The molecule has 0 bridgehead atoms. The lowest BCUT2D eigenvalue weighted by molar-refractivity contribution is 0.101. The standard InChI is InChI=1S/C22H17FN8O/c1-13-8-17(25-12-24-13)15-10-26-30(2)20(15)22(32)27-18-9-19-28-21(14-6-4-3-5-7-14)29-31(19)11-16(18)23/h3-12H,1-2H3,(H,27,32). The van der Waals surface area contributed by atoms with Crippen molar-refractivity contribution in [1.29, 1.82) is 0 Å². The van der Waals surface area contributed by atoms with E-state index < -0.39 is 11.7 Å². The summed E-state index contributed by atoms with van der Waals surface area (Å²) < 4.78 is 17.5. The molecule has 0 unspecified atom stereocenters. The molecule has 1 aromatic carbocycles. The quantitative estimate of drug-likeness (QED) is 0.471. The molecule has 0 fully saturated rings. The summed E-state index contributed by atoms with van der Waals surface area (Å²) in [7, 11) is 1.64. The number of benzene rings is 1. The van der Waals surface area contributed by atoms with Crippen molar-refractivity contribution < 1.29 is 9.18 Å². The Hall–Kier alpha value is -4.47. The molecule has 4 aromatic heterocycles. The third kappa shape index (κ3) is 3.47. The van der Waals surface area contributed by atoms with E-state index in [9.17, 15) is 9.18 Å². The second kappa shape index (κ2) is 7.65. The first-order valence-corrected chi connectivity index (χ1v) is 9.73. The number of fused-ring (bicyclic) bond motifs is 1. The average Bonchev–Trinajstić information content (AvgIpc) is 3.38. The number of amides is 1. The predicted molar refractivity (Wildman–Crippen MR) is 115 cm³/mol. The third-order valence-corrected chi connectivity index (χ3v) is 4.94. The van der Waals surface area contributed by atoms with E-state index >= 15 is 0 Å². The first-order valence-electron chi connectivity index (χ1n) is 9.73. The molecular weight excluding hydrogens is 411 g/mol. The van der Waals surface area contributed by atoms with Crippen LogP contribution in [0.15, 0.2) is 61.2 Å². The van der Waals surface area contributed by atoms with Gasteiger partial charge in [0, 0.05) is 24.4 Å². The first kappa shape index (κ1) is 19.5. The minimum atomic E-state index is -0.642. The van der Waals surface area contributed by atoms with Crippen molar-refractivity contribution in [3.8, 4) is 22.6 Å². The van der Waals surface area contributed by atoms with Gasteiger partial charge in [0.1, 0.15) is 12.0 Å². The third-order valence-electron chi connectivity index (χ3n) is 4.94. The lowest BCUT2D eigenvalue weighted by Gasteiger charge is -2.09. The van der Waals surface area contributed by atoms with E-state index in [0.29, 0.717) is 22.7 Å². The Kier molecular flexibility index (Phi) is 4.66. The Morgan fingerprint density at radius 3 is 2.72 bits per heavy atom. The van der Waals surface area contributed by atoms with Crippen LogP contribution in [-0.4, -0.2) is 40.3 Å². The van der Waals surface area contributed by atoms with Crippen molar-refractivity contribution >= 4 is 17.2 Å². The van der Waals surface area contributed by atoms with Crippen LogP contribution in [0.2, 0.25) is 0 Å². The molecule has 9 nitrogen and oxygen atoms in total. The van der Waals surface area contributed by atoms with Crippen LogP contribution in [0.25, 0.3) is 28.3 Å². The van der Waals surface area contributed by atoms with Crippen molar-refractivity contribution in [2.75, 3.05) is 5.32 Å². The zero-order valence-electron chi connectivity index (χ0n) is 17.2. The normalized spacial score (nSPS) is 11.1. The smallest absolute Gasteiger partial charge is 0.274 e. The second-order valence-electron chi connectivity index (χ2n) is 7.17. The SMILES string of the molecule is Cc1cc(-c2cnn(C)c2C(=O)Nc2cc3nc(-c4ccccc4)nn3cc2F)ncn1. The Morgan fingerprint density at radius 1 is 1.12 bits per heavy atom. The maximum Gasteiger partial charge on any atom is 0.274 e. The molecule has 0 radical (unpaired) electrons. The number of hydrogen-bond donors (Lipinski definition) is 1.